The van der Waals surface area contributed by atoms with Crippen molar-refractivity contribution in [1.82, 2.24) is 0 Å². The predicted molar refractivity (Wildman–Crippen MR) is 99.7 cm³/mol. The Morgan fingerprint density at radius 2 is 1.95 bits per heavy atom. The van der Waals surface area contributed by atoms with Crippen molar-refractivity contribution in [3.05, 3.63) is 88.8 Å². The first kappa shape index (κ1) is 16.2. The Kier molecular flexibility index (Phi) is 6.11. The van der Waals surface area contributed by atoms with Crippen molar-refractivity contribution < 1.29 is 0 Å². The minimum Gasteiger partial charge on any atom is -0.253 e. The summed E-state index contributed by atoms with van der Waals surface area (Å²) in [5.41, 5.74) is 4.41. The predicted octanol–water partition coefficient (Wildman–Crippen LogP) is 5.90. The van der Waals surface area contributed by atoms with Crippen molar-refractivity contribution >= 4 is 23.1 Å². The van der Waals surface area contributed by atoms with Crippen LogP contribution in [0.1, 0.15) is 29.3 Å². The van der Waals surface area contributed by atoms with E-state index < -0.39 is 0 Å². The first-order chi connectivity index (χ1) is 10.8. The molecule has 2 aromatic rings. The van der Waals surface area contributed by atoms with Crippen LogP contribution >= 0.6 is 11.3 Å². The minimum absolute atomic E-state index is 0.885. The maximum atomic E-state index is 4.78. The summed E-state index contributed by atoms with van der Waals surface area (Å²) in [6.07, 6.45) is 7.58. The van der Waals surface area contributed by atoms with Crippen molar-refractivity contribution in [3.8, 4) is 0 Å². The van der Waals surface area contributed by atoms with Crippen molar-refractivity contribution in [1.29, 1.82) is 0 Å². The van der Waals surface area contributed by atoms with E-state index in [0.29, 0.717) is 0 Å². The van der Waals surface area contributed by atoms with E-state index in [9.17, 15) is 0 Å². The van der Waals surface area contributed by atoms with E-state index in [-0.39, 0.29) is 0 Å². The van der Waals surface area contributed by atoms with Crippen LogP contribution in [0.5, 0.6) is 0 Å². The average Bonchev–Trinajstić information content (AvgIpc) is 3.05. The average molecular weight is 307 g/mol. The summed E-state index contributed by atoms with van der Waals surface area (Å²) in [7, 11) is 0. The largest absolute Gasteiger partial charge is 0.253 e. The van der Waals surface area contributed by atoms with Gasteiger partial charge in [0.05, 0.1) is 5.70 Å². The SMILES string of the molecule is C=CCc1ccc(C(CC)=N/C(C=C)=C/c2cccs2)cc1. The smallest absolute Gasteiger partial charge is 0.0641 e. The molecule has 0 radical (unpaired) electrons. The zero-order valence-electron chi connectivity index (χ0n) is 13.0. The lowest BCUT2D eigenvalue weighted by Gasteiger charge is -2.06. The van der Waals surface area contributed by atoms with Gasteiger partial charge in [-0.3, -0.25) is 4.99 Å². The molecule has 1 nitrogen and oxygen atoms in total. The van der Waals surface area contributed by atoms with Gasteiger partial charge in [0.1, 0.15) is 0 Å². The second-order valence-electron chi connectivity index (χ2n) is 4.89. The molecular formula is C20H21NS. The van der Waals surface area contributed by atoms with E-state index in [4.69, 9.17) is 4.99 Å². The number of hydrogen-bond acceptors (Lipinski definition) is 2. The first-order valence-electron chi connectivity index (χ1n) is 7.42. The summed E-state index contributed by atoms with van der Waals surface area (Å²) >= 11 is 1.70. The molecule has 0 aliphatic heterocycles. The van der Waals surface area contributed by atoms with Gasteiger partial charge in [-0.05, 0) is 47.6 Å². The van der Waals surface area contributed by atoms with E-state index in [2.05, 4.69) is 61.9 Å². The topological polar surface area (TPSA) is 12.4 Å². The molecule has 0 spiro atoms. The lowest BCUT2D eigenvalue weighted by molar-refractivity contribution is 1.23. The van der Waals surface area contributed by atoms with Gasteiger partial charge in [-0.1, -0.05) is 49.9 Å². The van der Waals surface area contributed by atoms with Gasteiger partial charge >= 0.3 is 0 Å². The van der Waals surface area contributed by atoms with Gasteiger partial charge in [-0.25, -0.2) is 0 Å². The second kappa shape index (κ2) is 8.30. The Bertz CT molecular complexity index is 673. The van der Waals surface area contributed by atoms with Gasteiger partial charge < -0.3 is 0 Å². The summed E-state index contributed by atoms with van der Waals surface area (Å²) in [6, 6.07) is 12.7. The Labute approximate surface area is 137 Å². The van der Waals surface area contributed by atoms with Gasteiger partial charge in [0.15, 0.2) is 0 Å². The summed E-state index contributed by atoms with van der Waals surface area (Å²) in [4.78, 5) is 5.97. The van der Waals surface area contributed by atoms with Gasteiger partial charge in [-0.2, -0.15) is 0 Å². The highest BCUT2D eigenvalue weighted by Gasteiger charge is 2.02. The molecule has 0 saturated heterocycles. The third-order valence-corrected chi connectivity index (χ3v) is 4.13. The van der Waals surface area contributed by atoms with Crippen molar-refractivity contribution in [2.45, 2.75) is 19.8 Å². The molecule has 0 N–H and O–H groups in total. The lowest BCUT2D eigenvalue weighted by atomic mass is 10.0. The van der Waals surface area contributed by atoms with Gasteiger partial charge in [0, 0.05) is 10.6 Å². The number of benzene rings is 1. The fourth-order valence-electron chi connectivity index (χ4n) is 2.16. The summed E-state index contributed by atoms with van der Waals surface area (Å²) in [5, 5.41) is 2.06. The fourth-order valence-corrected chi connectivity index (χ4v) is 2.82. The molecule has 0 aliphatic rings. The number of aliphatic imine (C=N–C) groups is 1. The monoisotopic (exact) mass is 307 g/mol. The molecule has 0 bridgehead atoms. The van der Waals surface area contributed by atoms with Crippen LogP contribution < -0.4 is 0 Å². The molecule has 0 amide bonds. The van der Waals surface area contributed by atoms with Crippen LogP contribution in [0.25, 0.3) is 6.08 Å². The number of nitrogens with zero attached hydrogens (tertiary/aromatic N) is 1. The molecule has 0 fully saturated rings. The Morgan fingerprint density at radius 3 is 2.50 bits per heavy atom. The van der Waals surface area contributed by atoms with Crippen LogP contribution in [0.15, 0.2) is 77.8 Å². The van der Waals surface area contributed by atoms with E-state index in [1.807, 2.05) is 18.2 Å². The van der Waals surface area contributed by atoms with Crippen LogP contribution in [0, 0.1) is 0 Å². The third-order valence-electron chi connectivity index (χ3n) is 3.31. The molecule has 2 heteroatoms. The maximum Gasteiger partial charge on any atom is 0.0641 e. The van der Waals surface area contributed by atoms with Gasteiger partial charge in [0.25, 0.3) is 0 Å². The summed E-state index contributed by atoms with van der Waals surface area (Å²) < 4.78 is 0. The Morgan fingerprint density at radius 1 is 1.18 bits per heavy atom. The van der Waals surface area contributed by atoms with Crippen LogP contribution in [0.4, 0.5) is 0 Å². The highest BCUT2D eigenvalue weighted by molar-refractivity contribution is 7.10. The molecule has 1 heterocycles. The van der Waals surface area contributed by atoms with E-state index in [1.54, 1.807) is 11.3 Å². The standard InChI is InChI=1S/C20H21NS/c1-4-8-16-10-12-17(13-11-16)20(6-3)21-18(5-2)15-19-9-7-14-22-19/h4-5,7,9-15H,1-2,6,8H2,3H3/b18-15+,21-20?. The fraction of sp³-hybridized carbons (Fsp3) is 0.150. The van der Waals surface area contributed by atoms with Crippen LogP contribution in [0.2, 0.25) is 0 Å². The van der Waals surface area contributed by atoms with Crippen molar-refractivity contribution in [3.63, 3.8) is 0 Å². The molecule has 1 aromatic heterocycles. The summed E-state index contributed by atoms with van der Waals surface area (Å²) in [6.45, 7) is 9.78. The van der Waals surface area contributed by atoms with E-state index in [1.165, 1.54) is 10.4 Å². The quantitative estimate of drug-likeness (QED) is 0.343. The number of allylic oxidation sites excluding steroid dienone is 2. The van der Waals surface area contributed by atoms with Crippen LogP contribution in [0.3, 0.4) is 0 Å². The third kappa shape index (κ3) is 4.40. The van der Waals surface area contributed by atoms with Crippen molar-refractivity contribution in [2.75, 3.05) is 0 Å². The Balaban J connectivity index is 2.28. The minimum atomic E-state index is 0.885. The molecule has 22 heavy (non-hydrogen) atoms. The molecule has 1 aromatic carbocycles. The van der Waals surface area contributed by atoms with Gasteiger partial charge in [-0.15, -0.1) is 17.9 Å². The Hall–Kier alpha value is -2.19. The second-order valence-corrected chi connectivity index (χ2v) is 5.87. The maximum absolute atomic E-state index is 4.78. The van der Waals surface area contributed by atoms with E-state index >= 15 is 0 Å². The zero-order valence-corrected chi connectivity index (χ0v) is 13.8. The normalized spacial score (nSPS) is 12.2. The molecule has 0 aliphatic carbocycles. The number of rotatable bonds is 7. The molecule has 0 atom stereocenters. The lowest BCUT2D eigenvalue weighted by Crippen LogP contribution is -1.99. The van der Waals surface area contributed by atoms with Crippen LogP contribution in [-0.2, 0) is 6.42 Å². The highest BCUT2D eigenvalue weighted by Crippen LogP contribution is 2.17. The molecule has 0 saturated carbocycles. The first-order valence-corrected chi connectivity index (χ1v) is 8.30. The van der Waals surface area contributed by atoms with Crippen LogP contribution in [-0.4, -0.2) is 5.71 Å². The van der Waals surface area contributed by atoms with Gasteiger partial charge in [0.2, 0.25) is 0 Å². The number of thiophene rings is 1. The molecule has 0 unspecified atom stereocenters. The molecule has 112 valence electrons. The van der Waals surface area contributed by atoms with Crippen molar-refractivity contribution in [2.24, 2.45) is 4.99 Å². The number of hydrogen-bond donors (Lipinski definition) is 0. The van der Waals surface area contributed by atoms with E-state index in [0.717, 1.165) is 29.8 Å². The molecule has 2 rings (SSSR count). The highest BCUT2D eigenvalue weighted by atomic mass is 32.1. The summed E-state index contributed by atoms with van der Waals surface area (Å²) in [5.74, 6) is 0. The molecular weight excluding hydrogens is 286 g/mol. The zero-order chi connectivity index (χ0) is 15.8.